The van der Waals surface area contributed by atoms with Gasteiger partial charge in [-0.25, -0.2) is 0 Å². The Morgan fingerprint density at radius 2 is 2.11 bits per heavy atom. The van der Waals surface area contributed by atoms with Gasteiger partial charge in [0, 0.05) is 4.88 Å². The maximum atomic E-state index is 12.4. The molecule has 0 saturated carbocycles. The van der Waals surface area contributed by atoms with E-state index in [0.29, 0.717) is 22.2 Å². The summed E-state index contributed by atoms with van der Waals surface area (Å²) in [4.78, 5) is 13.7. The molecule has 0 fully saturated rings. The van der Waals surface area contributed by atoms with E-state index in [-0.39, 0.29) is 17.9 Å². The predicted octanol–water partition coefficient (Wildman–Crippen LogP) is 5.41. The van der Waals surface area contributed by atoms with Crippen LogP contribution in [0, 0.1) is 36.5 Å². The minimum absolute atomic E-state index is 0.0675. The summed E-state index contributed by atoms with van der Waals surface area (Å²) in [6, 6.07) is 8.18. The molecule has 5 heteroatoms. The number of aryl methyl sites for hydroxylation is 2. The Labute approximate surface area is 171 Å². The first-order valence-electron chi connectivity index (χ1n) is 9.73. The maximum Gasteiger partial charge on any atom is 0.262 e. The summed E-state index contributed by atoms with van der Waals surface area (Å²) in [7, 11) is 0. The number of nitriles is 1. The molecular weight excluding hydrogens is 368 g/mol. The highest BCUT2D eigenvalue weighted by molar-refractivity contribution is 7.16. The highest BCUT2D eigenvalue weighted by atomic mass is 32.1. The summed E-state index contributed by atoms with van der Waals surface area (Å²) in [5, 5.41) is 13.2. The van der Waals surface area contributed by atoms with Crippen molar-refractivity contribution in [2.24, 2.45) is 11.3 Å². The number of thiophene rings is 1. The third-order valence-corrected chi connectivity index (χ3v) is 6.71. The summed E-state index contributed by atoms with van der Waals surface area (Å²) < 4.78 is 5.67. The molecule has 1 aromatic heterocycles. The number of anilines is 1. The van der Waals surface area contributed by atoms with Gasteiger partial charge in [-0.3, -0.25) is 4.79 Å². The van der Waals surface area contributed by atoms with Gasteiger partial charge in [-0.15, -0.1) is 11.3 Å². The molecule has 3 rings (SSSR count). The van der Waals surface area contributed by atoms with Gasteiger partial charge in [-0.2, -0.15) is 5.26 Å². The van der Waals surface area contributed by atoms with Crippen molar-refractivity contribution in [3.05, 3.63) is 45.3 Å². The van der Waals surface area contributed by atoms with Crippen LogP contribution >= 0.6 is 11.3 Å². The summed E-state index contributed by atoms with van der Waals surface area (Å²) in [6.45, 7) is 10.7. The number of fused-ring (bicyclic) bond motifs is 1. The minimum Gasteiger partial charge on any atom is -0.483 e. The molecule has 1 atom stereocenters. The number of nitrogens with zero attached hydrogens (tertiary/aromatic N) is 1. The van der Waals surface area contributed by atoms with Crippen molar-refractivity contribution in [1.29, 1.82) is 5.26 Å². The number of hydrogen-bond donors (Lipinski definition) is 1. The topological polar surface area (TPSA) is 62.1 Å². The van der Waals surface area contributed by atoms with Gasteiger partial charge < -0.3 is 10.1 Å². The molecule has 0 bridgehead atoms. The molecule has 4 nitrogen and oxygen atoms in total. The van der Waals surface area contributed by atoms with Crippen LogP contribution < -0.4 is 10.1 Å². The lowest BCUT2D eigenvalue weighted by Gasteiger charge is -2.33. The minimum atomic E-state index is -0.234. The van der Waals surface area contributed by atoms with E-state index in [1.165, 1.54) is 4.88 Å². The summed E-state index contributed by atoms with van der Waals surface area (Å²) in [6.07, 6.45) is 2.98. The number of carbonyl (C=O) groups is 1. The van der Waals surface area contributed by atoms with Crippen LogP contribution in [0.2, 0.25) is 0 Å². The zero-order valence-corrected chi connectivity index (χ0v) is 18.1. The zero-order valence-electron chi connectivity index (χ0n) is 17.3. The van der Waals surface area contributed by atoms with Gasteiger partial charge in [-0.05, 0) is 61.6 Å². The largest absolute Gasteiger partial charge is 0.483 e. The van der Waals surface area contributed by atoms with Crippen LogP contribution in [-0.4, -0.2) is 12.5 Å². The molecule has 2 aromatic rings. The first-order valence-corrected chi connectivity index (χ1v) is 10.5. The smallest absolute Gasteiger partial charge is 0.262 e. The third kappa shape index (κ3) is 4.39. The molecule has 0 radical (unpaired) electrons. The van der Waals surface area contributed by atoms with Crippen LogP contribution in [-0.2, 0) is 17.6 Å². The van der Waals surface area contributed by atoms with Gasteiger partial charge in [0.2, 0.25) is 0 Å². The lowest BCUT2D eigenvalue weighted by Crippen LogP contribution is -2.26. The van der Waals surface area contributed by atoms with E-state index in [2.05, 4.69) is 32.2 Å². The Hall–Kier alpha value is -2.32. The van der Waals surface area contributed by atoms with Crippen molar-refractivity contribution >= 4 is 22.2 Å². The molecule has 1 N–H and O–H groups in total. The number of ether oxygens (including phenoxy) is 1. The van der Waals surface area contributed by atoms with Gasteiger partial charge in [0.05, 0.1) is 5.56 Å². The van der Waals surface area contributed by atoms with Crippen LogP contribution in [0.25, 0.3) is 0 Å². The van der Waals surface area contributed by atoms with E-state index in [1.807, 2.05) is 32.0 Å². The third-order valence-electron chi connectivity index (χ3n) is 5.54. The standard InChI is InChI=1S/C23H28N2O2S/c1-14-6-9-19(15(2)10-14)27-13-21(26)25-22-18(12-24)17-8-7-16(23(3,4)5)11-20(17)28-22/h6,9-10,16H,7-8,11,13H2,1-5H3,(H,25,26)/t16-/m0/s1. The van der Waals surface area contributed by atoms with Crippen molar-refractivity contribution in [3.8, 4) is 11.8 Å². The number of nitrogens with one attached hydrogen (secondary N) is 1. The molecule has 148 valence electrons. The van der Waals surface area contributed by atoms with Crippen LogP contribution in [0.15, 0.2) is 18.2 Å². The SMILES string of the molecule is Cc1ccc(OCC(=O)Nc2sc3c(c2C#N)CC[C@H](C(C)(C)C)C3)c(C)c1. The Morgan fingerprint density at radius 3 is 2.75 bits per heavy atom. The number of carbonyl (C=O) groups excluding carboxylic acids is 1. The molecule has 0 spiro atoms. The molecule has 1 aliphatic carbocycles. The van der Waals surface area contributed by atoms with Crippen molar-refractivity contribution in [3.63, 3.8) is 0 Å². The average molecular weight is 397 g/mol. The van der Waals surface area contributed by atoms with Crippen LogP contribution in [0.1, 0.15) is 54.3 Å². The molecule has 1 amide bonds. The van der Waals surface area contributed by atoms with Gasteiger partial charge in [-0.1, -0.05) is 38.5 Å². The quantitative estimate of drug-likeness (QED) is 0.752. The second-order valence-electron chi connectivity index (χ2n) is 8.73. The van der Waals surface area contributed by atoms with E-state index in [9.17, 15) is 10.1 Å². The Morgan fingerprint density at radius 1 is 1.36 bits per heavy atom. The Kier molecular flexibility index (Phi) is 5.81. The van der Waals surface area contributed by atoms with Crippen molar-refractivity contribution < 1.29 is 9.53 Å². The Balaban J connectivity index is 1.70. The second kappa shape index (κ2) is 7.97. The van der Waals surface area contributed by atoms with Crippen LogP contribution in [0.4, 0.5) is 5.00 Å². The lowest BCUT2D eigenvalue weighted by molar-refractivity contribution is -0.118. The fourth-order valence-corrected chi connectivity index (χ4v) is 5.09. The molecule has 0 aliphatic heterocycles. The molecule has 0 unspecified atom stereocenters. The summed E-state index contributed by atoms with van der Waals surface area (Å²) in [5.41, 5.74) is 4.17. The molecule has 0 saturated heterocycles. The molecule has 1 aromatic carbocycles. The molecule has 1 aliphatic rings. The second-order valence-corrected chi connectivity index (χ2v) is 9.84. The zero-order chi connectivity index (χ0) is 20.5. The summed E-state index contributed by atoms with van der Waals surface area (Å²) >= 11 is 1.55. The van der Waals surface area contributed by atoms with Crippen molar-refractivity contribution in [1.82, 2.24) is 0 Å². The average Bonchev–Trinajstić information content (AvgIpc) is 2.96. The molecular formula is C23H28N2O2S. The fraction of sp³-hybridized carbons (Fsp3) is 0.478. The fourth-order valence-electron chi connectivity index (χ4n) is 3.80. The highest BCUT2D eigenvalue weighted by Crippen LogP contribution is 2.43. The summed E-state index contributed by atoms with van der Waals surface area (Å²) in [5.74, 6) is 1.07. The number of rotatable bonds is 4. The number of hydrogen-bond acceptors (Lipinski definition) is 4. The van der Waals surface area contributed by atoms with Crippen LogP contribution in [0.3, 0.4) is 0 Å². The lowest BCUT2D eigenvalue weighted by atomic mass is 9.72. The van der Waals surface area contributed by atoms with Gasteiger partial charge >= 0.3 is 0 Å². The van der Waals surface area contributed by atoms with E-state index < -0.39 is 0 Å². The van der Waals surface area contributed by atoms with E-state index in [1.54, 1.807) is 11.3 Å². The molecule has 28 heavy (non-hydrogen) atoms. The first-order chi connectivity index (χ1) is 13.2. The van der Waals surface area contributed by atoms with Gasteiger partial charge in [0.15, 0.2) is 6.61 Å². The number of amides is 1. The number of benzene rings is 1. The van der Waals surface area contributed by atoms with Crippen molar-refractivity contribution in [2.45, 2.75) is 53.9 Å². The first kappa shape index (κ1) is 20.4. The van der Waals surface area contributed by atoms with E-state index >= 15 is 0 Å². The van der Waals surface area contributed by atoms with Crippen LogP contribution in [0.5, 0.6) is 5.75 Å². The Bertz CT molecular complexity index is 931. The highest BCUT2D eigenvalue weighted by Gasteiger charge is 2.32. The van der Waals surface area contributed by atoms with E-state index in [0.717, 1.165) is 36.0 Å². The van der Waals surface area contributed by atoms with Gasteiger partial charge in [0.25, 0.3) is 5.91 Å². The van der Waals surface area contributed by atoms with E-state index in [4.69, 9.17) is 4.74 Å². The van der Waals surface area contributed by atoms with Crippen molar-refractivity contribution in [2.75, 3.05) is 11.9 Å². The normalized spacial score (nSPS) is 16.2. The maximum absolute atomic E-state index is 12.4. The predicted molar refractivity (Wildman–Crippen MR) is 114 cm³/mol. The van der Waals surface area contributed by atoms with Gasteiger partial charge in [0.1, 0.15) is 16.8 Å². The molecule has 1 heterocycles. The monoisotopic (exact) mass is 396 g/mol.